The Morgan fingerprint density at radius 3 is 2.10 bits per heavy atom. The van der Waals surface area contributed by atoms with Crippen molar-refractivity contribution in [1.82, 2.24) is 10.2 Å². The molecule has 6 nitrogen and oxygen atoms in total. The van der Waals surface area contributed by atoms with E-state index in [9.17, 15) is 14.0 Å². The minimum absolute atomic E-state index is 0.0527. The first-order valence-corrected chi connectivity index (χ1v) is 14.5. The zero-order valence-corrected chi connectivity index (χ0v) is 23.4. The molecule has 0 atom stereocenters. The molecule has 1 saturated heterocycles. The van der Waals surface area contributed by atoms with Crippen molar-refractivity contribution < 1.29 is 14.0 Å². The van der Waals surface area contributed by atoms with Gasteiger partial charge in [0, 0.05) is 25.7 Å². The van der Waals surface area contributed by atoms with Gasteiger partial charge in [-0.15, -0.1) is 0 Å². The van der Waals surface area contributed by atoms with Crippen molar-refractivity contribution in [1.29, 1.82) is 0 Å². The molecule has 0 saturated carbocycles. The lowest BCUT2D eigenvalue weighted by molar-refractivity contribution is 0.0900. The minimum Gasteiger partial charge on any atom is -0.351 e. The summed E-state index contributed by atoms with van der Waals surface area (Å²) in [6.07, 6.45) is 6.60. The number of hydrogen-bond donors (Lipinski definition) is 2. The number of amides is 3. The van der Waals surface area contributed by atoms with Crippen molar-refractivity contribution in [3.8, 4) is 0 Å². The third-order valence-corrected chi connectivity index (χ3v) is 7.71. The molecule has 1 aliphatic heterocycles. The number of urea groups is 1. The van der Waals surface area contributed by atoms with Crippen LogP contribution in [-0.2, 0) is 0 Å². The Kier molecular flexibility index (Phi) is 10.7. The number of hydrogen-bond acceptors (Lipinski definition) is 3. The zero-order chi connectivity index (χ0) is 28.3. The van der Waals surface area contributed by atoms with Crippen LogP contribution < -0.4 is 16.0 Å². The monoisotopic (exact) mass is 544 g/mol. The topological polar surface area (TPSA) is 78.7 Å². The number of piperidine rings is 1. The van der Waals surface area contributed by atoms with E-state index in [4.69, 9.17) is 5.73 Å². The minimum atomic E-state index is -0.641. The fourth-order valence-electron chi connectivity index (χ4n) is 5.60. The summed E-state index contributed by atoms with van der Waals surface area (Å²) in [6, 6.07) is 24.3. The molecule has 1 aliphatic rings. The summed E-state index contributed by atoms with van der Waals surface area (Å²) in [5.41, 5.74) is 8.67. The highest BCUT2D eigenvalue weighted by Crippen LogP contribution is 2.31. The van der Waals surface area contributed by atoms with Crippen molar-refractivity contribution in [2.45, 2.75) is 64.0 Å². The number of rotatable bonds is 12. The van der Waals surface area contributed by atoms with Crippen molar-refractivity contribution >= 4 is 17.6 Å². The van der Waals surface area contributed by atoms with Gasteiger partial charge in [-0.1, -0.05) is 93.3 Å². The van der Waals surface area contributed by atoms with Gasteiger partial charge in [-0.25, -0.2) is 9.18 Å². The molecule has 3 aromatic carbocycles. The maximum atomic E-state index is 14.3. The summed E-state index contributed by atoms with van der Waals surface area (Å²) in [6.45, 7) is 4.15. The quantitative estimate of drug-likeness (QED) is 0.250. The number of unbranched alkanes of at least 4 members (excludes halogenated alkanes) is 4. The second kappa shape index (κ2) is 14.6. The van der Waals surface area contributed by atoms with Crippen molar-refractivity contribution in [2.75, 3.05) is 24.5 Å². The molecule has 0 aromatic heterocycles. The van der Waals surface area contributed by atoms with Crippen LogP contribution in [-0.4, -0.2) is 42.5 Å². The largest absolute Gasteiger partial charge is 0.351 e. The molecule has 1 fully saturated rings. The van der Waals surface area contributed by atoms with Crippen molar-refractivity contribution in [2.24, 2.45) is 5.73 Å². The van der Waals surface area contributed by atoms with Crippen LogP contribution in [0.4, 0.5) is 14.9 Å². The van der Waals surface area contributed by atoms with Gasteiger partial charge in [0.15, 0.2) is 0 Å². The predicted octanol–water partition coefficient (Wildman–Crippen LogP) is 6.67. The Morgan fingerprint density at radius 2 is 1.52 bits per heavy atom. The van der Waals surface area contributed by atoms with Gasteiger partial charge in [-0.05, 0) is 48.6 Å². The van der Waals surface area contributed by atoms with Crippen LogP contribution in [0.25, 0.3) is 0 Å². The molecule has 7 heteroatoms. The van der Waals surface area contributed by atoms with Crippen LogP contribution in [0.15, 0.2) is 78.9 Å². The summed E-state index contributed by atoms with van der Waals surface area (Å²) in [4.78, 5) is 29.6. The van der Waals surface area contributed by atoms with E-state index in [1.807, 2.05) is 12.1 Å². The molecule has 0 aliphatic carbocycles. The molecule has 40 heavy (non-hydrogen) atoms. The number of nitrogens with zero attached hydrogens (tertiary/aromatic N) is 2. The van der Waals surface area contributed by atoms with Gasteiger partial charge in [0.25, 0.3) is 5.91 Å². The number of primary amides is 1. The lowest BCUT2D eigenvalue weighted by atomic mass is 9.94. The average Bonchev–Trinajstić information content (AvgIpc) is 2.97. The van der Waals surface area contributed by atoms with Gasteiger partial charge in [-0.2, -0.15) is 0 Å². The number of carbonyl (C=O) groups excluding carboxylic acids is 2. The number of benzene rings is 3. The van der Waals surface area contributed by atoms with E-state index in [1.54, 1.807) is 0 Å². The Labute approximate surface area is 237 Å². The predicted molar refractivity (Wildman–Crippen MR) is 159 cm³/mol. The van der Waals surface area contributed by atoms with Crippen molar-refractivity contribution in [3.05, 3.63) is 101 Å². The first-order valence-electron chi connectivity index (χ1n) is 14.5. The maximum absolute atomic E-state index is 14.3. The van der Waals surface area contributed by atoms with E-state index in [0.717, 1.165) is 58.0 Å². The fourth-order valence-corrected chi connectivity index (χ4v) is 5.60. The lowest BCUT2D eigenvalue weighted by Crippen LogP contribution is -2.46. The molecule has 4 rings (SSSR count). The van der Waals surface area contributed by atoms with E-state index >= 15 is 0 Å². The molecule has 0 spiro atoms. The van der Waals surface area contributed by atoms with E-state index in [0.29, 0.717) is 12.2 Å². The zero-order valence-electron chi connectivity index (χ0n) is 23.4. The lowest BCUT2D eigenvalue weighted by Gasteiger charge is -2.38. The standard InChI is InChI=1S/C33H41FN4O2/c1-2-3-4-5-12-21-38(33(35)40)30-18-17-27(34)24-29(30)32(39)36-28-19-22-37(23-20-28)31(25-13-8-6-9-14-25)26-15-10-7-11-16-26/h6-11,13-18,24,28,31H,2-5,12,19-23H2,1H3,(H2,35,40)(H,36,39). The van der Waals surface area contributed by atoms with E-state index < -0.39 is 11.8 Å². The average molecular weight is 545 g/mol. The SMILES string of the molecule is CCCCCCCN(C(N)=O)c1ccc(F)cc1C(=O)NC1CCN(C(c2ccccc2)c2ccccc2)CC1. The van der Waals surface area contributed by atoms with Crippen molar-refractivity contribution in [3.63, 3.8) is 0 Å². The number of halogens is 1. The van der Waals surface area contributed by atoms with Crippen LogP contribution in [0, 0.1) is 5.82 Å². The Bertz CT molecular complexity index is 1190. The summed E-state index contributed by atoms with van der Waals surface area (Å²) < 4.78 is 14.3. The highest BCUT2D eigenvalue weighted by molar-refractivity contribution is 6.04. The van der Waals surface area contributed by atoms with Gasteiger partial charge in [0.1, 0.15) is 5.82 Å². The number of nitrogens with two attached hydrogens (primary N) is 1. The second-order valence-corrected chi connectivity index (χ2v) is 10.6. The smallest absolute Gasteiger partial charge is 0.319 e. The Balaban J connectivity index is 1.43. The van der Waals surface area contributed by atoms with Crippen LogP contribution in [0.2, 0.25) is 0 Å². The Morgan fingerprint density at radius 1 is 0.925 bits per heavy atom. The van der Waals surface area contributed by atoms with Crippen LogP contribution in [0.5, 0.6) is 0 Å². The third kappa shape index (κ3) is 7.69. The molecule has 0 bridgehead atoms. The first-order chi connectivity index (χ1) is 19.5. The molecular weight excluding hydrogens is 503 g/mol. The highest BCUT2D eigenvalue weighted by atomic mass is 19.1. The third-order valence-electron chi connectivity index (χ3n) is 7.71. The fraction of sp³-hybridized carbons (Fsp3) is 0.394. The normalized spacial score (nSPS) is 14.3. The van der Waals surface area contributed by atoms with Crippen LogP contribution in [0.3, 0.4) is 0 Å². The Hall–Kier alpha value is -3.71. The van der Waals surface area contributed by atoms with Gasteiger partial charge >= 0.3 is 6.03 Å². The molecular formula is C33H41FN4O2. The van der Waals surface area contributed by atoms with Gasteiger partial charge < -0.3 is 11.1 Å². The molecule has 212 valence electrons. The van der Waals surface area contributed by atoms with Gasteiger partial charge in [-0.3, -0.25) is 14.6 Å². The number of nitrogens with one attached hydrogen (secondary N) is 1. The molecule has 3 aromatic rings. The molecule has 0 radical (unpaired) electrons. The van der Waals surface area contributed by atoms with E-state index in [-0.39, 0.29) is 23.6 Å². The molecule has 3 amide bonds. The van der Waals surface area contributed by atoms with E-state index in [2.05, 4.69) is 65.7 Å². The maximum Gasteiger partial charge on any atom is 0.319 e. The van der Waals surface area contributed by atoms with Crippen LogP contribution in [0.1, 0.15) is 79.4 Å². The molecule has 1 heterocycles. The summed E-state index contributed by atoms with van der Waals surface area (Å²) in [7, 11) is 0. The van der Waals surface area contributed by atoms with E-state index in [1.165, 1.54) is 34.2 Å². The second-order valence-electron chi connectivity index (χ2n) is 10.6. The number of likely N-dealkylation sites (tertiary alicyclic amines) is 1. The van der Waals surface area contributed by atoms with Gasteiger partial charge in [0.05, 0.1) is 17.3 Å². The van der Waals surface area contributed by atoms with Crippen LogP contribution >= 0.6 is 0 Å². The highest BCUT2D eigenvalue weighted by Gasteiger charge is 2.29. The summed E-state index contributed by atoms with van der Waals surface area (Å²) >= 11 is 0. The molecule has 0 unspecified atom stereocenters. The number of carbonyl (C=O) groups is 2. The number of anilines is 1. The van der Waals surface area contributed by atoms with Gasteiger partial charge in [0.2, 0.25) is 0 Å². The first kappa shape index (κ1) is 29.3. The summed E-state index contributed by atoms with van der Waals surface area (Å²) in [5, 5.41) is 3.11. The summed E-state index contributed by atoms with van der Waals surface area (Å²) in [5.74, 6) is -0.905. The molecule has 3 N–H and O–H groups in total.